The topological polar surface area (TPSA) is 60.0 Å². The van der Waals surface area contributed by atoms with Crippen LogP contribution in [0.5, 0.6) is 11.5 Å². The third-order valence-corrected chi connectivity index (χ3v) is 5.41. The van der Waals surface area contributed by atoms with Crippen LogP contribution >= 0.6 is 12.2 Å². The van der Waals surface area contributed by atoms with Crippen LogP contribution in [0.1, 0.15) is 29.7 Å². The Morgan fingerprint density at radius 2 is 1.67 bits per heavy atom. The molecule has 30 heavy (non-hydrogen) atoms. The zero-order valence-electron chi connectivity index (χ0n) is 18.0. The smallest absolute Gasteiger partial charge is 0.337 e. The maximum atomic E-state index is 12.8. The summed E-state index contributed by atoms with van der Waals surface area (Å²) >= 11 is 5.72. The summed E-state index contributed by atoms with van der Waals surface area (Å²) in [6.07, 6.45) is 0. The molecule has 0 saturated heterocycles. The van der Waals surface area contributed by atoms with Crippen molar-refractivity contribution in [1.29, 1.82) is 0 Å². The fraction of sp³-hybridized carbons (Fsp3) is 0.304. The number of hydrogen-bond acceptors (Lipinski definition) is 5. The Bertz CT molecular complexity index is 1010. The van der Waals surface area contributed by atoms with Gasteiger partial charge in [-0.15, -0.1) is 0 Å². The molecule has 0 aliphatic carbocycles. The second-order valence-electron chi connectivity index (χ2n) is 7.16. The second-order valence-corrected chi connectivity index (χ2v) is 7.55. The van der Waals surface area contributed by atoms with Crippen LogP contribution in [0.2, 0.25) is 0 Å². The lowest BCUT2D eigenvalue weighted by molar-refractivity contribution is -0.136. The Morgan fingerprint density at radius 3 is 2.23 bits per heavy atom. The van der Waals surface area contributed by atoms with Gasteiger partial charge in [-0.25, -0.2) is 4.79 Å². The number of carbonyl (C=O) groups is 1. The Labute approximate surface area is 182 Å². The number of allylic oxidation sites excluding steroid dienone is 1. The average molecular weight is 427 g/mol. The number of benzene rings is 2. The highest BCUT2D eigenvalue weighted by atomic mass is 32.1. The van der Waals surface area contributed by atoms with Gasteiger partial charge in [-0.05, 0) is 68.4 Å². The quantitative estimate of drug-likeness (QED) is 0.568. The average Bonchev–Trinajstić information content (AvgIpc) is 2.71. The molecule has 0 radical (unpaired) electrons. The van der Waals surface area contributed by atoms with Gasteiger partial charge >= 0.3 is 5.97 Å². The van der Waals surface area contributed by atoms with Gasteiger partial charge < -0.3 is 19.5 Å². The first-order chi connectivity index (χ1) is 14.3. The minimum atomic E-state index is -0.520. The van der Waals surface area contributed by atoms with Gasteiger partial charge in [0.05, 0.1) is 32.9 Å². The van der Waals surface area contributed by atoms with Gasteiger partial charge in [-0.2, -0.15) is 0 Å². The number of nitrogens with zero attached hydrogens (tertiary/aromatic N) is 1. The molecule has 1 N–H and O–H groups in total. The molecule has 0 spiro atoms. The first-order valence-electron chi connectivity index (χ1n) is 9.50. The van der Waals surface area contributed by atoms with Gasteiger partial charge in [-0.1, -0.05) is 6.07 Å². The molecule has 0 saturated carbocycles. The molecule has 0 aromatic heterocycles. The predicted molar refractivity (Wildman–Crippen MR) is 121 cm³/mol. The van der Waals surface area contributed by atoms with Crippen molar-refractivity contribution in [1.82, 2.24) is 5.32 Å². The molecule has 2 aromatic rings. The van der Waals surface area contributed by atoms with Crippen molar-refractivity contribution < 1.29 is 19.0 Å². The molecule has 1 aliphatic heterocycles. The number of carbonyl (C=O) groups excluding carboxylic acids is 1. The first kappa shape index (κ1) is 21.6. The van der Waals surface area contributed by atoms with E-state index in [1.165, 1.54) is 7.11 Å². The maximum Gasteiger partial charge on any atom is 0.337 e. The van der Waals surface area contributed by atoms with E-state index in [0.717, 1.165) is 22.4 Å². The minimum Gasteiger partial charge on any atom is -0.497 e. The molecule has 3 rings (SSSR count). The van der Waals surface area contributed by atoms with Gasteiger partial charge in [-0.3, -0.25) is 4.90 Å². The van der Waals surface area contributed by atoms with Crippen LogP contribution in [0.25, 0.3) is 0 Å². The molecule has 0 amide bonds. The van der Waals surface area contributed by atoms with E-state index in [-0.39, 0.29) is 0 Å². The number of esters is 1. The number of methoxy groups -OCH3 is 3. The first-order valence-corrected chi connectivity index (χ1v) is 9.91. The minimum absolute atomic E-state index is 0.431. The lowest BCUT2D eigenvalue weighted by Gasteiger charge is -2.38. The van der Waals surface area contributed by atoms with E-state index >= 15 is 0 Å². The van der Waals surface area contributed by atoms with Crippen molar-refractivity contribution in [2.24, 2.45) is 0 Å². The van der Waals surface area contributed by atoms with E-state index in [9.17, 15) is 4.79 Å². The fourth-order valence-electron chi connectivity index (χ4n) is 3.80. The molecule has 2 aromatic carbocycles. The lowest BCUT2D eigenvalue weighted by Crippen LogP contribution is -2.48. The molecule has 1 heterocycles. The van der Waals surface area contributed by atoms with Gasteiger partial charge in [0, 0.05) is 23.0 Å². The third-order valence-electron chi connectivity index (χ3n) is 5.11. The maximum absolute atomic E-state index is 12.8. The zero-order valence-corrected chi connectivity index (χ0v) is 18.8. The standard InChI is InChI=1S/C23H26N2O4S/c1-13-9-14(2)11-16(10-13)25-15(3)20(22(26)29-6)21(24-23(25)30)18-8-7-17(27-4)12-19(18)28-5/h7-12,21H,1-6H3,(H,24,30). The highest BCUT2D eigenvalue weighted by Gasteiger charge is 2.36. The summed E-state index contributed by atoms with van der Waals surface area (Å²) in [5.74, 6) is 0.814. The van der Waals surface area contributed by atoms with E-state index in [4.69, 9.17) is 26.4 Å². The lowest BCUT2D eigenvalue weighted by atomic mass is 9.93. The van der Waals surface area contributed by atoms with Gasteiger partial charge in [0.15, 0.2) is 5.11 Å². The van der Waals surface area contributed by atoms with Crippen LogP contribution < -0.4 is 19.7 Å². The zero-order chi connectivity index (χ0) is 22.0. The number of anilines is 1. The summed E-state index contributed by atoms with van der Waals surface area (Å²) in [7, 11) is 4.54. The number of thiocarbonyl (C=S) groups is 1. The molecule has 7 heteroatoms. The van der Waals surface area contributed by atoms with Crippen molar-refractivity contribution in [3.8, 4) is 11.5 Å². The number of nitrogens with one attached hydrogen (secondary N) is 1. The van der Waals surface area contributed by atoms with Crippen LogP contribution in [-0.2, 0) is 9.53 Å². The monoisotopic (exact) mass is 426 g/mol. The summed E-state index contributed by atoms with van der Waals surface area (Å²) in [5.41, 5.74) is 5.05. The summed E-state index contributed by atoms with van der Waals surface area (Å²) in [4.78, 5) is 14.7. The second kappa shape index (κ2) is 8.75. The van der Waals surface area contributed by atoms with Crippen LogP contribution in [-0.4, -0.2) is 32.4 Å². The summed E-state index contributed by atoms with van der Waals surface area (Å²) in [6.45, 7) is 5.94. The van der Waals surface area contributed by atoms with E-state index < -0.39 is 12.0 Å². The predicted octanol–water partition coefficient (Wildman–Crippen LogP) is 4.20. The van der Waals surface area contributed by atoms with Gasteiger partial charge in [0.2, 0.25) is 0 Å². The van der Waals surface area contributed by atoms with E-state index in [1.54, 1.807) is 20.3 Å². The van der Waals surface area contributed by atoms with Gasteiger partial charge in [0.1, 0.15) is 11.5 Å². The van der Waals surface area contributed by atoms with Crippen LogP contribution in [0.3, 0.4) is 0 Å². The number of rotatable bonds is 5. The van der Waals surface area contributed by atoms with Crippen LogP contribution in [0, 0.1) is 13.8 Å². The normalized spacial score (nSPS) is 16.3. The SMILES string of the molecule is COC(=O)C1=C(C)N(c2cc(C)cc(C)c2)C(=S)NC1c1ccc(OC)cc1OC. The van der Waals surface area contributed by atoms with E-state index in [0.29, 0.717) is 27.9 Å². The molecule has 1 unspecified atom stereocenters. The van der Waals surface area contributed by atoms with Gasteiger partial charge in [0.25, 0.3) is 0 Å². The van der Waals surface area contributed by atoms with Crippen LogP contribution in [0.15, 0.2) is 47.7 Å². The summed E-state index contributed by atoms with van der Waals surface area (Å²) < 4.78 is 16.0. The molecule has 6 nitrogen and oxygen atoms in total. The molecular weight excluding hydrogens is 400 g/mol. The Balaban J connectivity index is 2.19. The van der Waals surface area contributed by atoms with E-state index in [1.807, 2.05) is 49.9 Å². The molecule has 1 aliphatic rings. The molecule has 0 fully saturated rings. The third kappa shape index (κ3) is 3.98. The number of ether oxygens (including phenoxy) is 3. The Hall–Kier alpha value is -3.06. The molecule has 1 atom stereocenters. The highest BCUT2D eigenvalue weighted by Crippen LogP contribution is 2.39. The van der Waals surface area contributed by atoms with Crippen molar-refractivity contribution in [2.75, 3.05) is 26.2 Å². The van der Waals surface area contributed by atoms with Crippen molar-refractivity contribution in [3.63, 3.8) is 0 Å². The highest BCUT2D eigenvalue weighted by molar-refractivity contribution is 7.80. The number of aryl methyl sites for hydroxylation is 2. The fourth-order valence-corrected chi connectivity index (χ4v) is 4.16. The summed E-state index contributed by atoms with van der Waals surface area (Å²) in [5, 5.41) is 3.80. The summed E-state index contributed by atoms with van der Waals surface area (Å²) in [6, 6.07) is 11.1. The van der Waals surface area contributed by atoms with Crippen molar-refractivity contribution in [2.45, 2.75) is 26.8 Å². The molecule has 0 bridgehead atoms. The Morgan fingerprint density at radius 1 is 1.00 bits per heavy atom. The molecular formula is C23H26N2O4S. The Kier molecular flexibility index (Phi) is 6.31. The van der Waals surface area contributed by atoms with Crippen molar-refractivity contribution in [3.05, 3.63) is 64.4 Å². The van der Waals surface area contributed by atoms with E-state index in [2.05, 4.69) is 11.4 Å². The van der Waals surface area contributed by atoms with Crippen LogP contribution in [0.4, 0.5) is 5.69 Å². The largest absolute Gasteiger partial charge is 0.497 e. The molecule has 158 valence electrons. The number of hydrogen-bond donors (Lipinski definition) is 1. The van der Waals surface area contributed by atoms with Crippen molar-refractivity contribution >= 4 is 29.0 Å².